The van der Waals surface area contributed by atoms with Crippen LogP contribution in [0.2, 0.25) is 0 Å². The summed E-state index contributed by atoms with van der Waals surface area (Å²) in [5.74, 6) is -0.928. The number of ether oxygens (including phenoxy) is 1. The summed E-state index contributed by atoms with van der Waals surface area (Å²) < 4.78 is 6.56. The lowest BCUT2D eigenvalue weighted by Gasteiger charge is -2.16. The first-order valence-electron chi connectivity index (χ1n) is 10.0. The molecule has 0 unspecified atom stereocenters. The van der Waals surface area contributed by atoms with Crippen LogP contribution < -0.4 is 10.9 Å². The standard InChI is InChI=1S/C25H21N3O4/c1-16-12-13-20(26-14-16)27-21(29)15-32-25(31)23-22(17-8-4-3-5-9-17)18-10-6-7-11-19(18)24(30)28(23)2/h3-14H,15H2,1-2H3,(H,26,27,29). The Labute approximate surface area is 184 Å². The summed E-state index contributed by atoms with van der Waals surface area (Å²) in [6.07, 6.45) is 1.62. The Bertz CT molecular complexity index is 1360. The molecule has 2 heterocycles. The summed E-state index contributed by atoms with van der Waals surface area (Å²) in [7, 11) is 1.52. The van der Waals surface area contributed by atoms with Gasteiger partial charge >= 0.3 is 5.97 Å². The highest BCUT2D eigenvalue weighted by atomic mass is 16.5. The van der Waals surface area contributed by atoms with Crippen LogP contribution in [0.3, 0.4) is 0 Å². The molecule has 0 aliphatic heterocycles. The van der Waals surface area contributed by atoms with E-state index in [0.29, 0.717) is 22.2 Å². The Morgan fingerprint density at radius 2 is 1.66 bits per heavy atom. The molecular weight excluding hydrogens is 406 g/mol. The lowest BCUT2D eigenvalue weighted by atomic mass is 9.97. The van der Waals surface area contributed by atoms with Crippen molar-refractivity contribution in [2.75, 3.05) is 11.9 Å². The molecule has 0 atom stereocenters. The Morgan fingerprint density at radius 1 is 0.969 bits per heavy atom. The fourth-order valence-electron chi connectivity index (χ4n) is 3.52. The first-order valence-corrected chi connectivity index (χ1v) is 10.0. The minimum atomic E-state index is -0.763. The molecule has 0 saturated carbocycles. The number of carbonyl (C=O) groups excluding carboxylic acids is 2. The Hall–Kier alpha value is -4.26. The fraction of sp³-hybridized carbons (Fsp3) is 0.120. The van der Waals surface area contributed by atoms with E-state index in [4.69, 9.17) is 4.74 Å². The van der Waals surface area contributed by atoms with E-state index < -0.39 is 18.5 Å². The minimum Gasteiger partial charge on any atom is -0.451 e. The summed E-state index contributed by atoms with van der Waals surface area (Å²) in [5.41, 5.74) is 2.07. The highest BCUT2D eigenvalue weighted by Gasteiger charge is 2.23. The van der Waals surface area contributed by atoms with Crippen LogP contribution >= 0.6 is 0 Å². The SMILES string of the molecule is Cc1ccc(NC(=O)COC(=O)c2c(-c3ccccc3)c3ccccc3c(=O)n2C)nc1. The van der Waals surface area contributed by atoms with Crippen LogP contribution in [-0.4, -0.2) is 28.0 Å². The average Bonchev–Trinajstić information content (AvgIpc) is 2.81. The van der Waals surface area contributed by atoms with E-state index >= 15 is 0 Å². The molecule has 32 heavy (non-hydrogen) atoms. The molecule has 7 heteroatoms. The number of pyridine rings is 2. The van der Waals surface area contributed by atoms with Gasteiger partial charge in [-0.15, -0.1) is 0 Å². The summed E-state index contributed by atoms with van der Waals surface area (Å²) in [4.78, 5) is 42.3. The number of aryl methyl sites for hydroxylation is 1. The third kappa shape index (κ3) is 4.13. The van der Waals surface area contributed by atoms with Gasteiger partial charge in [0.2, 0.25) is 0 Å². The summed E-state index contributed by atoms with van der Waals surface area (Å²) in [5, 5.41) is 3.72. The summed E-state index contributed by atoms with van der Waals surface area (Å²) in [6, 6.07) is 19.9. The van der Waals surface area contributed by atoms with Crippen molar-refractivity contribution in [2.24, 2.45) is 7.05 Å². The van der Waals surface area contributed by atoms with Crippen LogP contribution in [0, 0.1) is 6.92 Å². The molecule has 0 saturated heterocycles. The second kappa shape index (κ2) is 8.85. The maximum Gasteiger partial charge on any atom is 0.356 e. The topological polar surface area (TPSA) is 90.3 Å². The van der Waals surface area contributed by atoms with Crippen LogP contribution in [0.1, 0.15) is 16.1 Å². The van der Waals surface area contributed by atoms with Gasteiger partial charge in [-0.2, -0.15) is 0 Å². The molecule has 4 rings (SSSR count). The zero-order valence-corrected chi connectivity index (χ0v) is 17.7. The van der Waals surface area contributed by atoms with Crippen LogP contribution in [0.15, 0.2) is 77.7 Å². The van der Waals surface area contributed by atoms with E-state index in [0.717, 1.165) is 11.1 Å². The van der Waals surface area contributed by atoms with Gasteiger partial charge in [0.1, 0.15) is 11.5 Å². The van der Waals surface area contributed by atoms with Gasteiger partial charge < -0.3 is 14.6 Å². The Kier molecular flexibility index (Phi) is 5.81. The van der Waals surface area contributed by atoms with Crippen molar-refractivity contribution in [1.29, 1.82) is 0 Å². The summed E-state index contributed by atoms with van der Waals surface area (Å²) >= 11 is 0. The molecule has 0 aliphatic carbocycles. The van der Waals surface area contributed by atoms with Crippen molar-refractivity contribution in [3.8, 4) is 11.1 Å². The molecule has 160 valence electrons. The van der Waals surface area contributed by atoms with Crippen LogP contribution in [0.25, 0.3) is 21.9 Å². The number of rotatable bonds is 5. The smallest absolute Gasteiger partial charge is 0.356 e. The lowest BCUT2D eigenvalue weighted by molar-refractivity contribution is -0.119. The van der Waals surface area contributed by atoms with Gasteiger partial charge in [0.25, 0.3) is 11.5 Å². The van der Waals surface area contributed by atoms with Gasteiger partial charge in [-0.3, -0.25) is 9.59 Å². The average molecular weight is 427 g/mol. The molecule has 0 radical (unpaired) electrons. The molecule has 1 N–H and O–H groups in total. The Balaban J connectivity index is 1.68. The van der Waals surface area contributed by atoms with Gasteiger partial charge in [-0.1, -0.05) is 54.6 Å². The molecule has 0 fully saturated rings. The van der Waals surface area contributed by atoms with Gasteiger partial charge in [-0.05, 0) is 35.6 Å². The number of esters is 1. The van der Waals surface area contributed by atoms with Gasteiger partial charge in [0.05, 0.1) is 0 Å². The van der Waals surface area contributed by atoms with E-state index in [1.54, 1.807) is 30.5 Å². The number of carbonyl (C=O) groups is 2. The quantitative estimate of drug-likeness (QED) is 0.491. The molecule has 2 aromatic carbocycles. The van der Waals surface area contributed by atoms with Crippen molar-refractivity contribution >= 4 is 28.5 Å². The highest BCUT2D eigenvalue weighted by Crippen LogP contribution is 2.30. The lowest BCUT2D eigenvalue weighted by Crippen LogP contribution is -2.28. The van der Waals surface area contributed by atoms with Gasteiger partial charge in [-0.25, -0.2) is 9.78 Å². The molecule has 0 aliphatic rings. The zero-order valence-electron chi connectivity index (χ0n) is 17.7. The number of nitrogens with zero attached hydrogens (tertiary/aromatic N) is 2. The van der Waals surface area contributed by atoms with E-state index in [2.05, 4.69) is 10.3 Å². The van der Waals surface area contributed by atoms with Crippen molar-refractivity contribution in [2.45, 2.75) is 6.92 Å². The third-order valence-electron chi connectivity index (χ3n) is 5.07. The van der Waals surface area contributed by atoms with Crippen LogP contribution in [-0.2, 0) is 16.6 Å². The first kappa shape index (κ1) is 21.0. The second-order valence-corrected chi connectivity index (χ2v) is 7.34. The number of hydrogen-bond donors (Lipinski definition) is 1. The number of hydrogen-bond acceptors (Lipinski definition) is 5. The molecular formula is C25H21N3O4. The first-order chi connectivity index (χ1) is 15.5. The van der Waals surface area contributed by atoms with Gasteiger partial charge in [0, 0.05) is 24.2 Å². The van der Waals surface area contributed by atoms with Crippen LogP contribution in [0.5, 0.6) is 0 Å². The number of nitrogens with one attached hydrogen (secondary N) is 1. The van der Waals surface area contributed by atoms with Crippen LogP contribution in [0.4, 0.5) is 5.82 Å². The summed E-state index contributed by atoms with van der Waals surface area (Å²) in [6.45, 7) is 1.38. The monoisotopic (exact) mass is 427 g/mol. The molecule has 4 aromatic rings. The molecule has 7 nitrogen and oxygen atoms in total. The number of anilines is 1. The highest BCUT2D eigenvalue weighted by molar-refractivity contribution is 6.07. The van der Waals surface area contributed by atoms with E-state index in [1.165, 1.54) is 11.6 Å². The third-order valence-corrected chi connectivity index (χ3v) is 5.07. The number of amides is 1. The van der Waals surface area contributed by atoms with Crippen molar-refractivity contribution in [1.82, 2.24) is 9.55 Å². The minimum absolute atomic E-state index is 0.0844. The normalized spacial score (nSPS) is 10.7. The molecule has 2 aromatic heterocycles. The zero-order chi connectivity index (χ0) is 22.7. The van der Waals surface area contributed by atoms with Crippen molar-refractivity contribution < 1.29 is 14.3 Å². The van der Waals surface area contributed by atoms with Crippen molar-refractivity contribution in [3.63, 3.8) is 0 Å². The number of aromatic nitrogens is 2. The maximum atomic E-state index is 13.1. The van der Waals surface area contributed by atoms with Crippen molar-refractivity contribution in [3.05, 3.63) is 94.5 Å². The second-order valence-electron chi connectivity index (χ2n) is 7.34. The number of benzene rings is 2. The molecule has 1 amide bonds. The largest absolute Gasteiger partial charge is 0.451 e. The molecule has 0 spiro atoms. The van der Waals surface area contributed by atoms with E-state index in [9.17, 15) is 14.4 Å². The predicted octanol–water partition coefficient (Wildman–Crippen LogP) is 3.70. The molecule has 0 bridgehead atoms. The Morgan fingerprint density at radius 3 is 2.34 bits per heavy atom. The predicted molar refractivity (Wildman–Crippen MR) is 123 cm³/mol. The maximum absolute atomic E-state index is 13.1. The van der Waals surface area contributed by atoms with Gasteiger partial charge in [0.15, 0.2) is 6.61 Å². The van der Waals surface area contributed by atoms with E-state index in [-0.39, 0.29) is 11.3 Å². The van der Waals surface area contributed by atoms with E-state index in [1.807, 2.05) is 49.4 Å². The number of fused-ring (bicyclic) bond motifs is 1. The fourth-order valence-corrected chi connectivity index (χ4v) is 3.52.